The Morgan fingerprint density at radius 2 is 1.29 bits per heavy atom. The molecule has 3 aromatic carbocycles. The monoisotopic (exact) mass is 908 g/mol. The van der Waals surface area contributed by atoms with E-state index in [1.54, 1.807) is 62.3 Å². The number of anilines is 1. The minimum Gasteiger partial charge on any atom is -0.445 e. The number of likely N-dealkylation sites (N-methyl/N-ethyl adjacent to an activating group) is 2. The Hall–Kier alpha value is -7.26. The van der Waals surface area contributed by atoms with E-state index in [0.29, 0.717) is 16.8 Å². The molecule has 0 radical (unpaired) electrons. The summed E-state index contributed by atoms with van der Waals surface area (Å²) in [6, 6.07) is 16.4. The maximum Gasteiger partial charge on any atom is 0.514 e. The van der Waals surface area contributed by atoms with Crippen LogP contribution in [-0.4, -0.2) is 135 Å². The molecule has 4 amide bonds. The van der Waals surface area contributed by atoms with Gasteiger partial charge in [0.05, 0.1) is 24.2 Å². The molecular formula is C44H56N6O15. The average Bonchev–Trinajstić information content (AvgIpc) is 3.26. The minimum absolute atomic E-state index is 0.00150. The van der Waals surface area contributed by atoms with Crippen LogP contribution in [-0.2, 0) is 46.5 Å². The number of amides is 4. The highest BCUT2D eigenvalue weighted by Gasteiger charge is 2.27. The molecule has 65 heavy (non-hydrogen) atoms. The van der Waals surface area contributed by atoms with Gasteiger partial charge in [-0.15, -0.1) is 0 Å². The maximum atomic E-state index is 13.4. The third kappa shape index (κ3) is 18.9. The van der Waals surface area contributed by atoms with Gasteiger partial charge in [-0.3, -0.25) is 24.6 Å². The number of nitro benzene ring substituents is 1. The van der Waals surface area contributed by atoms with Gasteiger partial charge in [0, 0.05) is 44.5 Å². The molecule has 3 aromatic rings. The zero-order chi connectivity index (χ0) is 47.9. The van der Waals surface area contributed by atoms with E-state index in [1.807, 2.05) is 13.8 Å². The first-order valence-electron chi connectivity index (χ1n) is 20.3. The van der Waals surface area contributed by atoms with Crippen LogP contribution in [0.1, 0.15) is 31.9 Å². The standard InChI is InChI=1S/C44H56N6O15/c1-8-24-60-43(55)61-27-26-59-25-23-49(42(54)64-36-17-11-33(12-18-36)29-63-44(56)65-37-19-15-35(16-20-37)50(57)58)22-21-48(7)41(53)62-28-32-9-13-34(14-10-32)46-39(51)31(4)45-40(52)38(30(2)3)47(5)6/h8-20,30-31,38H,1,21-29H2,2-7H3,(H,45,52)(H,46,51)/t31-,38?/m0/s1. The summed E-state index contributed by atoms with van der Waals surface area (Å²) in [5.41, 5.74) is 1.48. The number of benzene rings is 3. The van der Waals surface area contributed by atoms with Crippen LogP contribution in [0.15, 0.2) is 85.5 Å². The van der Waals surface area contributed by atoms with E-state index >= 15 is 0 Å². The predicted octanol–water partition coefficient (Wildman–Crippen LogP) is 5.77. The first kappa shape index (κ1) is 52.1. The summed E-state index contributed by atoms with van der Waals surface area (Å²) in [6.45, 7) is 8.58. The highest BCUT2D eigenvalue weighted by Crippen LogP contribution is 2.19. The third-order valence-electron chi connectivity index (χ3n) is 9.07. The molecule has 2 N–H and O–H groups in total. The van der Waals surface area contributed by atoms with Crippen LogP contribution < -0.4 is 20.1 Å². The topological polar surface area (TPSA) is 244 Å². The van der Waals surface area contributed by atoms with Gasteiger partial charge in [0.15, 0.2) is 0 Å². The first-order chi connectivity index (χ1) is 31.0. The van der Waals surface area contributed by atoms with Crippen molar-refractivity contribution in [2.24, 2.45) is 5.92 Å². The number of nitrogens with zero attached hydrogens (tertiary/aromatic N) is 4. The first-order valence-corrected chi connectivity index (χ1v) is 20.3. The second-order valence-corrected chi connectivity index (χ2v) is 14.7. The van der Waals surface area contributed by atoms with E-state index < -0.39 is 47.4 Å². The van der Waals surface area contributed by atoms with Gasteiger partial charge in [-0.05, 0) is 74.5 Å². The Balaban J connectivity index is 1.51. The number of nitrogens with one attached hydrogen (secondary N) is 2. The summed E-state index contributed by atoms with van der Waals surface area (Å²) in [7, 11) is 5.10. The summed E-state index contributed by atoms with van der Waals surface area (Å²) >= 11 is 0. The largest absolute Gasteiger partial charge is 0.514 e. The number of ether oxygens (including phenoxy) is 7. The molecule has 0 saturated carbocycles. The maximum absolute atomic E-state index is 13.4. The molecule has 0 aliphatic carbocycles. The molecule has 352 valence electrons. The van der Waals surface area contributed by atoms with Crippen molar-refractivity contribution in [3.63, 3.8) is 0 Å². The summed E-state index contributed by atoms with van der Waals surface area (Å²) < 4.78 is 36.3. The lowest BCUT2D eigenvalue weighted by atomic mass is 10.0. The molecule has 1 unspecified atom stereocenters. The lowest BCUT2D eigenvalue weighted by Gasteiger charge is -2.28. The second kappa shape index (κ2) is 27.0. The van der Waals surface area contributed by atoms with E-state index in [2.05, 4.69) is 17.2 Å². The molecule has 0 fully saturated rings. The van der Waals surface area contributed by atoms with Crippen molar-refractivity contribution < 1.29 is 66.8 Å². The number of nitro groups is 1. The smallest absolute Gasteiger partial charge is 0.445 e. The van der Waals surface area contributed by atoms with Gasteiger partial charge >= 0.3 is 24.5 Å². The highest BCUT2D eigenvalue weighted by atomic mass is 16.7. The Morgan fingerprint density at radius 1 is 0.692 bits per heavy atom. The van der Waals surface area contributed by atoms with Crippen LogP contribution in [0.3, 0.4) is 0 Å². The quantitative estimate of drug-likeness (QED) is 0.0206. The molecule has 0 aliphatic rings. The number of carbonyl (C=O) groups is 6. The Morgan fingerprint density at radius 3 is 1.89 bits per heavy atom. The number of hydrogen-bond donors (Lipinski definition) is 2. The van der Waals surface area contributed by atoms with Gasteiger partial charge in [0.2, 0.25) is 11.8 Å². The average molecular weight is 909 g/mol. The van der Waals surface area contributed by atoms with E-state index in [-0.39, 0.29) is 88.3 Å². The summed E-state index contributed by atoms with van der Waals surface area (Å²) in [5, 5.41) is 16.3. The van der Waals surface area contributed by atoms with Crippen LogP contribution in [0, 0.1) is 16.0 Å². The number of hydrogen-bond acceptors (Lipinski definition) is 16. The van der Waals surface area contributed by atoms with Crippen molar-refractivity contribution >= 4 is 47.7 Å². The lowest BCUT2D eigenvalue weighted by Crippen LogP contribution is -2.51. The molecule has 0 heterocycles. The Kier molecular flexibility index (Phi) is 21.7. The summed E-state index contributed by atoms with van der Waals surface area (Å²) in [6.07, 6.45) is -1.98. The van der Waals surface area contributed by atoms with Crippen LogP contribution in [0.25, 0.3) is 0 Å². The molecular weight excluding hydrogens is 853 g/mol. The third-order valence-corrected chi connectivity index (χ3v) is 9.07. The van der Waals surface area contributed by atoms with Gasteiger partial charge in [-0.2, -0.15) is 0 Å². The van der Waals surface area contributed by atoms with Gasteiger partial charge in [0.1, 0.15) is 44.0 Å². The number of carbonyl (C=O) groups excluding carboxylic acids is 6. The van der Waals surface area contributed by atoms with Crippen molar-refractivity contribution in [1.82, 2.24) is 20.0 Å². The molecule has 21 heteroatoms. The van der Waals surface area contributed by atoms with E-state index in [0.717, 1.165) is 0 Å². The van der Waals surface area contributed by atoms with E-state index in [1.165, 1.54) is 59.3 Å². The molecule has 0 aliphatic heterocycles. The van der Waals surface area contributed by atoms with Crippen molar-refractivity contribution in [2.45, 2.75) is 46.1 Å². The van der Waals surface area contributed by atoms with Crippen LogP contribution in [0.2, 0.25) is 0 Å². The predicted molar refractivity (Wildman–Crippen MR) is 234 cm³/mol. The normalized spacial score (nSPS) is 11.6. The second-order valence-electron chi connectivity index (χ2n) is 14.7. The van der Waals surface area contributed by atoms with Crippen molar-refractivity contribution in [3.05, 3.63) is 107 Å². The van der Waals surface area contributed by atoms with E-state index in [4.69, 9.17) is 33.2 Å². The summed E-state index contributed by atoms with van der Waals surface area (Å²) in [4.78, 5) is 90.1. The van der Waals surface area contributed by atoms with E-state index in [9.17, 15) is 38.9 Å². The molecule has 0 saturated heterocycles. The fraction of sp³-hybridized carbons (Fsp3) is 0.409. The fourth-order valence-corrected chi connectivity index (χ4v) is 5.70. The Bertz CT molecular complexity index is 2040. The van der Waals surface area contributed by atoms with Crippen LogP contribution in [0.4, 0.5) is 30.6 Å². The van der Waals surface area contributed by atoms with Crippen LogP contribution >= 0.6 is 0 Å². The Labute approximate surface area is 376 Å². The molecule has 3 rings (SSSR count). The van der Waals surface area contributed by atoms with Crippen molar-refractivity contribution in [2.75, 3.05) is 72.5 Å². The SMILES string of the molecule is C=CCOC(=O)OCCOCCN(CCN(C)C(=O)OCc1ccc(NC(=O)[C@H](C)NC(=O)C(C(C)C)N(C)C)cc1)C(=O)Oc1ccc(COC(=O)Oc2ccc([N+](=O)[O-])cc2)cc1. The van der Waals surface area contributed by atoms with Gasteiger partial charge in [0.25, 0.3) is 5.69 Å². The molecule has 21 nitrogen and oxygen atoms in total. The zero-order valence-electron chi connectivity index (χ0n) is 37.2. The highest BCUT2D eigenvalue weighted by molar-refractivity contribution is 5.97. The number of non-ortho nitro benzene ring substituents is 1. The molecule has 0 aromatic heterocycles. The zero-order valence-corrected chi connectivity index (χ0v) is 37.2. The van der Waals surface area contributed by atoms with Crippen molar-refractivity contribution in [1.29, 1.82) is 0 Å². The van der Waals surface area contributed by atoms with Crippen molar-refractivity contribution in [3.8, 4) is 11.5 Å². The lowest BCUT2D eigenvalue weighted by molar-refractivity contribution is -0.384. The minimum atomic E-state index is -1.04. The fourth-order valence-electron chi connectivity index (χ4n) is 5.70. The summed E-state index contributed by atoms with van der Waals surface area (Å²) in [5.74, 6) is -0.393. The molecule has 0 bridgehead atoms. The molecule has 0 spiro atoms. The van der Waals surface area contributed by atoms with Gasteiger partial charge in [-0.25, -0.2) is 19.2 Å². The molecule has 2 atom stereocenters. The number of rotatable bonds is 24. The van der Waals surface area contributed by atoms with Gasteiger partial charge in [-0.1, -0.05) is 50.8 Å². The van der Waals surface area contributed by atoms with Crippen LogP contribution in [0.5, 0.6) is 11.5 Å². The van der Waals surface area contributed by atoms with Gasteiger partial charge < -0.3 is 53.6 Å².